The highest BCUT2D eigenvalue weighted by atomic mass is 35.5. The van der Waals surface area contributed by atoms with Crippen molar-refractivity contribution in [3.05, 3.63) is 56.9 Å². The summed E-state index contributed by atoms with van der Waals surface area (Å²) in [6.07, 6.45) is 1.31. The van der Waals surface area contributed by atoms with Crippen molar-refractivity contribution in [2.45, 2.75) is 6.92 Å². The summed E-state index contributed by atoms with van der Waals surface area (Å²) in [7, 11) is 0. The second-order valence-electron chi connectivity index (χ2n) is 4.22. The summed E-state index contributed by atoms with van der Waals surface area (Å²) in [6, 6.07) is 4.89. The summed E-state index contributed by atoms with van der Waals surface area (Å²) in [6.45, 7) is 1.73. The van der Waals surface area contributed by atoms with Gasteiger partial charge in [0.2, 0.25) is 0 Å². The van der Waals surface area contributed by atoms with Gasteiger partial charge in [-0.25, -0.2) is 0 Å². The summed E-state index contributed by atoms with van der Waals surface area (Å²) in [5.41, 5.74) is 0.567. The predicted octanol–water partition coefficient (Wildman–Crippen LogP) is 2.91. The molecule has 2 rings (SSSR count). The van der Waals surface area contributed by atoms with Crippen molar-refractivity contribution in [1.29, 1.82) is 0 Å². The highest BCUT2D eigenvalue weighted by Gasteiger charge is 2.15. The maximum absolute atomic E-state index is 12.0. The lowest BCUT2D eigenvalue weighted by molar-refractivity contribution is -0.384. The molecule has 1 aromatic carbocycles. The maximum Gasteiger partial charge on any atom is 0.273 e. The number of hydrogen-bond donors (Lipinski definition) is 2. The van der Waals surface area contributed by atoms with E-state index in [4.69, 9.17) is 11.6 Å². The molecule has 0 bridgehead atoms. The van der Waals surface area contributed by atoms with E-state index in [1.54, 1.807) is 6.92 Å². The molecule has 0 unspecified atom stereocenters. The van der Waals surface area contributed by atoms with Crippen molar-refractivity contribution in [1.82, 2.24) is 4.98 Å². The van der Waals surface area contributed by atoms with Gasteiger partial charge in [-0.1, -0.05) is 11.6 Å². The quantitative estimate of drug-likeness (QED) is 0.515. The van der Waals surface area contributed by atoms with Gasteiger partial charge in [-0.3, -0.25) is 19.9 Å². The molecule has 7 nitrogen and oxygen atoms in total. The van der Waals surface area contributed by atoms with Crippen LogP contribution in [0.5, 0.6) is 5.75 Å². The van der Waals surface area contributed by atoms with Crippen molar-refractivity contribution in [2.75, 3.05) is 5.32 Å². The molecule has 2 N–H and O–H groups in total. The van der Waals surface area contributed by atoms with Gasteiger partial charge in [-0.2, -0.15) is 0 Å². The molecule has 0 saturated heterocycles. The third-order valence-electron chi connectivity index (χ3n) is 2.68. The maximum atomic E-state index is 12.0. The van der Waals surface area contributed by atoms with E-state index in [-0.39, 0.29) is 22.0 Å². The van der Waals surface area contributed by atoms with Crippen LogP contribution < -0.4 is 5.32 Å². The number of nitrogens with zero attached hydrogens (tertiary/aromatic N) is 2. The lowest BCUT2D eigenvalue weighted by Crippen LogP contribution is -2.13. The van der Waals surface area contributed by atoms with Crippen LogP contribution in [-0.4, -0.2) is 20.9 Å². The molecular formula is C13H10ClN3O4. The number of hydrogen-bond acceptors (Lipinski definition) is 5. The van der Waals surface area contributed by atoms with Crippen LogP contribution in [0.25, 0.3) is 0 Å². The Bertz CT molecular complexity index is 733. The Morgan fingerprint density at radius 2 is 2.14 bits per heavy atom. The molecule has 0 aliphatic rings. The van der Waals surface area contributed by atoms with Gasteiger partial charge in [0.25, 0.3) is 11.6 Å². The lowest BCUT2D eigenvalue weighted by atomic mass is 10.2. The highest BCUT2D eigenvalue weighted by Crippen LogP contribution is 2.28. The van der Waals surface area contributed by atoms with Crippen molar-refractivity contribution in [2.24, 2.45) is 0 Å². The summed E-state index contributed by atoms with van der Waals surface area (Å²) < 4.78 is 0. The molecule has 0 radical (unpaired) electrons. The monoisotopic (exact) mass is 307 g/mol. The summed E-state index contributed by atoms with van der Waals surface area (Å²) in [5, 5.41) is 22.9. The Kier molecular flexibility index (Phi) is 4.04. The zero-order chi connectivity index (χ0) is 15.6. The number of carbonyl (C=O) groups is 1. The Labute approximate surface area is 124 Å². The average Bonchev–Trinajstić information content (AvgIpc) is 2.40. The molecule has 2 aromatic rings. The standard InChI is InChI=1S/C13H10ClN3O4/c1-7-4-10(14)9(6-15-7)13(19)16-11-3-2-8(17(20)21)5-12(11)18/h2-6,18H,1H3,(H,16,19). The number of phenols is 1. The first-order chi connectivity index (χ1) is 9.88. The number of nitrogens with one attached hydrogen (secondary N) is 1. The minimum atomic E-state index is -0.647. The molecule has 0 saturated carbocycles. The number of amides is 1. The lowest BCUT2D eigenvalue weighted by Gasteiger charge is -2.08. The number of aromatic nitrogens is 1. The zero-order valence-corrected chi connectivity index (χ0v) is 11.6. The number of aryl methyl sites for hydroxylation is 1. The predicted molar refractivity (Wildman–Crippen MR) is 76.7 cm³/mol. The number of nitro groups is 1. The Morgan fingerprint density at radius 1 is 1.43 bits per heavy atom. The topological polar surface area (TPSA) is 105 Å². The molecular weight excluding hydrogens is 298 g/mol. The molecule has 108 valence electrons. The fourth-order valence-corrected chi connectivity index (χ4v) is 1.91. The number of nitro benzene ring substituents is 1. The third-order valence-corrected chi connectivity index (χ3v) is 2.99. The molecule has 21 heavy (non-hydrogen) atoms. The smallest absolute Gasteiger partial charge is 0.273 e. The number of rotatable bonds is 3. The largest absolute Gasteiger partial charge is 0.506 e. The van der Waals surface area contributed by atoms with Gasteiger partial charge in [-0.15, -0.1) is 0 Å². The van der Waals surface area contributed by atoms with E-state index in [1.807, 2.05) is 0 Å². The van der Waals surface area contributed by atoms with Gasteiger partial charge in [0.05, 0.1) is 27.3 Å². The number of anilines is 1. The Morgan fingerprint density at radius 3 is 2.71 bits per heavy atom. The Hall–Kier alpha value is -2.67. The van der Waals surface area contributed by atoms with E-state index in [0.29, 0.717) is 5.69 Å². The van der Waals surface area contributed by atoms with Crippen LogP contribution in [0.3, 0.4) is 0 Å². The van der Waals surface area contributed by atoms with E-state index >= 15 is 0 Å². The van der Waals surface area contributed by atoms with Crippen LogP contribution in [0.4, 0.5) is 11.4 Å². The van der Waals surface area contributed by atoms with Crippen LogP contribution in [0.2, 0.25) is 5.02 Å². The molecule has 0 aliphatic carbocycles. The van der Waals surface area contributed by atoms with Crippen LogP contribution in [0.1, 0.15) is 16.1 Å². The fourth-order valence-electron chi connectivity index (χ4n) is 1.62. The first kappa shape index (κ1) is 14.7. The van der Waals surface area contributed by atoms with Gasteiger partial charge in [-0.05, 0) is 19.1 Å². The SMILES string of the molecule is Cc1cc(Cl)c(C(=O)Nc2ccc([N+](=O)[O-])cc2O)cn1. The van der Waals surface area contributed by atoms with Gasteiger partial charge in [0.1, 0.15) is 5.75 Å². The first-order valence-corrected chi connectivity index (χ1v) is 6.17. The number of phenolic OH excluding ortho intramolecular Hbond substituents is 1. The van der Waals surface area contributed by atoms with Crippen molar-refractivity contribution < 1.29 is 14.8 Å². The van der Waals surface area contributed by atoms with E-state index in [1.165, 1.54) is 24.4 Å². The summed E-state index contributed by atoms with van der Waals surface area (Å²) in [4.78, 5) is 25.9. The van der Waals surface area contributed by atoms with Gasteiger partial charge < -0.3 is 10.4 Å². The van der Waals surface area contributed by atoms with Crippen molar-refractivity contribution >= 4 is 28.9 Å². The molecule has 0 atom stereocenters. The molecule has 1 heterocycles. The van der Waals surface area contributed by atoms with Gasteiger partial charge in [0, 0.05) is 18.0 Å². The number of carbonyl (C=O) groups excluding carboxylic acids is 1. The summed E-state index contributed by atoms with van der Waals surface area (Å²) >= 11 is 5.94. The van der Waals surface area contributed by atoms with E-state index in [9.17, 15) is 20.0 Å². The van der Waals surface area contributed by atoms with Crippen molar-refractivity contribution in [3.63, 3.8) is 0 Å². The molecule has 1 aromatic heterocycles. The van der Waals surface area contributed by atoms with Crippen LogP contribution in [0, 0.1) is 17.0 Å². The Balaban J connectivity index is 2.25. The average molecular weight is 308 g/mol. The molecule has 0 spiro atoms. The van der Waals surface area contributed by atoms with Crippen molar-refractivity contribution in [3.8, 4) is 5.75 Å². The number of halogens is 1. The molecule has 0 fully saturated rings. The second-order valence-corrected chi connectivity index (χ2v) is 4.63. The van der Waals surface area contributed by atoms with Gasteiger partial charge in [0.15, 0.2) is 0 Å². The minimum Gasteiger partial charge on any atom is -0.506 e. The third kappa shape index (κ3) is 3.26. The number of non-ortho nitro benzene ring substituents is 1. The van der Waals surface area contributed by atoms with Crippen LogP contribution in [-0.2, 0) is 0 Å². The first-order valence-electron chi connectivity index (χ1n) is 5.79. The minimum absolute atomic E-state index is 0.0437. The van der Waals surface area contributed by atoms with E-state index in [0.717, 1.165) is 6.07 Å². The zero-order valence-electron chi connectivity index (χ0n) is 10.8. The molecule has 1 amide bonds. The summed E-state index contributed by atoms with van der Waals surface area (Å²) in [5.74, 6) is -0.981. The number of benzene rings is 1. The highest BCUT2D eigenvalue weighted by molar-refractivity contribution is 6.34. The van der Waals surface area contributed by atoms with E-state index < -0.39 is 16.6 Å². The van der Waals surface area contributed by atoms with Gasteiger partial charge >= 0.3 is 0 Å². The fraction of sp³-hybridized carbons (Fsp3) is 0.0769. The molecule has 0 aliphatic heterocycles. The van der Waals surface area contributed by atoms with Crippen LogP contribution in [0.15, 0.2) is 30.5 Å². The van der Waals surface area contributed by atoms with E-state index in [2.05, 4.69) is 10.3 Å². The van der Waals surface area contributed by atoms with Crippen LogP contribution >= 0.6 is 11.6 Å². The normalized spacial score (nSPS) is 10.2. The number of pyridine rings is 1. The second kappa shape index (κ2) is 5.76. The number of aromatic hydroxyl groups is 1. The molecule has 8 heteroatoms.